The molecule has 5 nitrogen and oxygen atoms in total. The zero-order valence-corrected chi connectivity index (χ0v) is 15.5. The van der Waals surface area contributed by atoms with Crippen LogP contribution >= 0.6 is 39.0 Å². The van der Waals surface area contributed by atoms with E-state index in [1.54, 1.807) is 25.1 Å². The van der Waals surface area contributed by atoms with E-state index in [2.05, 4.69) is 37.5 Å². The maximum Gasteiger partial charge on any atom is 0.206 e. The summed E-state index contributed by atoms with van der Waals surface area (Å²) in [5.74, 6) is 2.53. The molecular formula is C15H14BrN3O2S2. The number of rotatable bonds is 7. The van der Waals surface area contributed by atoms with Gasteiger partial charge in [0.1, 0.15) is 11.5 Å². The Labute approximate surface area is 150 Å². The topological polar surface area (TPSA) is 60.2 Å². The largest absolute Gasteiger partial charge is 0.496 e. The highest BCUT2D eigenvalue weighted by molar-refractivity contribution is 9.10. The molecular weight excluding hydrogens is 398 g/mol. The molecule has 0 radical (unpaired) electrons. The van der Waals surface area contributed by atoms with Crippen molar-refractivity contribution in [2.45, 2.75) is 16.6 Å². The van der Waals surface area contributed by atoms with Gasteiger partial charge in [-0.25, -0.2) is 0 Å². The number of aromatic nitrogens is 2. The maximum absolute atomic E-state index is 5.27. The summed E-state index contributed by atoms with van der Waals surface area (Å²) in [5, 5.41) is 12.3. The molecule has 2 aromatic heterocycles. The van der Waals surface area contributed by atoms with Gasteiger partial charge in [-0.2, -0.15) is 0 Å². The Morgan fingerprint density at radius 1 is 1.35 bits per heavy atom. The molecule has 0 spiro atoms. The van der Waals surface area contributed by atoms with Gasteiger partial charge < -0.3 is 14.5 Å². The predicted molar refractivity (Wildman–Crippen MR) is 96.2 cm³/mol. The number of benzene rings is 1. The second kappa shape index (κ2) is 7.85. The molecule has 1 N–H and O–H groups in total. The van der Waals surface area contributed by atoms with Gasteiger partial charge in [0.2, 0.25) is 5.13 Å². The molecule has 0 saturated carbocycles. The first-order chi connectivity index (χ1) is 11.2. The van der Waals surface area contributed by atoms with Crippen LogP contribution in [0, 0.1) is 0 Å². The summed E-state index contributed by atoms with van der Waals surface area (Å²) < 4.78 is 12.4. The van der Waals surface area contributed by atoms with Crippen molar-refractivity contribution in [3.05, 3.63) is 52.4 Å². The number of furan rings is 1. The molecule has 0 amide bonds. The number of anilines is 1. The van der Waals surface area contributed by atoms with E-state index in [4.69, 9.17) is 9.15 Å². The van der Waals surface area contributed by atoms with Gasteiger partial charge in [0, 0.05) is 5.75 Å². The van der Waals surface area contributed by atoms with E-state index in [0.29, 0.717) is 6.54 Å². The lowest BCUT2D eigenvalue weighted by molar-refractivity contribution is 0.412. The van der Waals surface area contributed by atoms with Crippen LogP contribution in [-0.4, -0.2) is 17.3 Å². The van der Waals surface area contributed by atoms with Gasteiger partial charge in [0.25, 0.3) is 0 Å². The van der Waals surface area contributed by atoms with Crippen LogP contribution in [0.5, 0.6) is 5.75 Å². The molecule has 23 heavy (non-hydrogen) atoms. The molecule has 0 saturated heterocycles. The minimum absolute atomic E-state index is 0.609. The fraction of sp³-hybridized carbons (Fsp3) is 0.200. The van der Waals surface area contributed by atoms with Gasteiger partial charge in [-0.3, -0.25) is 0 Å². The molecule has 1 aromatic carbocycles. The van der Waals surface area contributed by atoms with Crippen LogP contribution in [0.15, 0.2) is 49.8 Å². The fourth-order valence-electron chi connectivity index (χ4n) is 1.86. The van der Waals surface area contributed by atoms with Crippen molar-refractivity contribution in [1.82, 2.24) is 10.2 Å². The molecule has 2 heterocycles. The lowest BCUT2D eigenvalue weighted by Crippen LogP contribution is -1.96. The average Bonchev–Trinajstić information content (AvgIpc) is 3.22. The van der Waals surface area contributed by atoms with Crippen molar-refractivity contribution in [3.8, 4) is 5.75 Å². The van der Waals surface area contributed by atoms with Gasteiger partial charge in [-0.1, -0.05) is 29.2 Å². The van der Waals surface area contributed by atoms with Crippen LogP contribution in [0.4, 0.5) is 5.13 Å². The Hall–Kier alpha value is -1.51. The van der Waals surface area contributed by atoms with E-state index in [-0.39, 0.29) is 0 Å². The first kappa shape index (κ1) is 16.4. The van der Waals surface area contributed by atoms with Crippen LogP contribution in [0.1, 0.15) is 11.3 Å². The Morgan fingerprint density at radius 2 is 2.26 bits per heavy atom. The molecule has 3 aromatic rings. The first-order valence-corrected chi connectivity index (χ1v) is 9.39. The average molecular weight is 412 g/mol. The van der Waals surface area contributed by atoms with Gasteiger partial charge >= 0.3 is 0 Å². The summed E-state index contributed by atoms with van der Waals surface area (Å²) in [6, 6.07) is 9.85. The summed E-state index contributed by atoms with van der Waals surface area (Å²) >= 11 is 6.70. The van der Waals surface area contributed by atoms with Crippen LogP contribution in [0.3, 0.4) is 0 Å². The third-order valence-corrected chi connectivity index (χ3v) is 5.68. The van der Waals surface area contributed by atoms with Gasteiger partial charge in [-0.05, 0) is 45.8 Å². The molecule has 0 aliphatic carbocycles. The standard InChI is InChI=1S/C15H14BrN3O2S2/c1-20-13-5-4-10(7-12(13)16)9-22-15-19-18-14(23-15)17-8-11-3-2-6-21-11/h2-7H,8-9H2,1H3,(H,17,18). The fourth-order valence-corrected chi connectivity index (χ4v) is 4.14. The van der Waals surface area contributed by atoms with Crippen molar-refractivity contribution < 1.29 is 9.15 Å². The number of methoxy groups -OCH3 is 1. The summed E-state index contributed by atoms with van der Waals surface area (Å²) in [5.41, 5.74) is 1.20. The quantitative estimate of drug-likeness (QED) is 0.563. The van der Waals surface area contributed by atoms with E-state index in [0.717, 1.165) is 31.2 Å². The van der Waals surface area contributed by atoms with Crippen LogP contribution < -0.4 is 10.1 Å². The highest BCUT2D eigenvalue weighted by Gasteiger charge is 2.07. The maximum atomic E-state index is 5.27. The van der Waals surface area contributed by atoms with Crippen molar-refractivity contribution >= 4 is 44.2 Å². The van der Waals surface area contributed by atoms with E-state index in [9.17, 15) is 0 Å². The second-order valence-corrected chi connectivity index (χ2v) is 7.62. The van der Waals surface area contributed by atoms with Crippen LogP contribution in [0.2, 0.25) is 0 Å². The smallest absolute Gasteiger partial charge is 0.206 e. The number of ether oxygens (including phenoxy) is 1. The number of thioether (sulfide) groups is 1. The van der Waals surface area contributed by atoms with Crippen molar-refractivity contribution in [2.75, 3.05) is 12.4 Å². The predicted octanol–water partition coefficient (Wildman–Crippen LogP) is 4.81. The Balaban J connectivity index is 1.53. The van der Waals surface area contributed by atoms with Crippen LogP contribution in [-0.2, 0) is 12.3 Å². The lowest BCUT2D eigenvalue weighted by Gasteiger charge is -2.05. The van der Waals surface area contributed by atoms with Gasteiger partial charge in [0.05, 0.1) is 24.4 Å². The summed E-state index contributed by atoms with van der Waals surface area (Å²) in [7, 11) is 1.66. The zero-order valence-electron chi connectivity index (χ0n) is 12.3. The third-order valence-electron chi connectivity index (χ3n) is 2.98. The number of hydrogen-bond acceptors (Lipinski definition) is 7. The highest BCUT2D eigenvalue weighted by Crippen LogP contribution is 2.31. The minimum Gasteiger partial charge on any atom is -0.496 e. The zero-order chi connectivity index (χ0) is 16.1. The molecule has 0 aliphatic rings. The normalized spacial score (nSPS) is 10.7. The molecule has 3 rings (SSSR count). The van der Waals surface area contributed by atoms with E-state index in [1.165, 1.54) is 16.9 Å². The van der Waals surface area contributed by atoms with E-state index in [1.807, 2.05) is 24.3 Å². The monoisotopic (exact) mass is 411 g/mol. The minimum atomic E-state index is 0.609. The van der Waals surface area contributed by atoms with Crippen molar-refractivity contribution in [2.24, 2.45) is 0 Å². The molecule has 8 heteroatoms. The summed E-state index contributed by atoms with van der Waals surface area (Å²) in [6.07, 6.45) is 1.66. The number of nitrogens with one attached hydrogen (secondary N) is 1. The molecule has 0 fully saturated rings. The number of hydrogen-bond donors (Lipinski definition) is 1. The Kier molecular flexibility index (Phi) is 5.58. The van der Waals surface area contributed by atoms with Crippen molar-refractivity contribution in [1.29, 1.82) is 0 Å². The van der Waals surface area contributed by atoms with E-state index < -0.39 is 0 Å². The second-order valence-electron chi connectivity index (χ2n) is 4.56. The SMILES string of the molecule is COc1ccc(CSc2nnc(NCc3ccco3)s2)cc1Br. The summed E-state index contributed by atoms with van der Waals surface area (Å²) in [6.45, 7) is 0.609. The highest BCUT2D eigenvalue weighted by atomic mass is 79.9. The molecule has 0 aliphatic heterocycles. The molecule has 0 atom stereocenters. The summed E-state index contributed by atoms with van der Waals surface area (Å²) in [4.78, 5) is 0. The molecule has 0 unspecified atom stereocenters. The number of halogens is 1. The third kappa shape index (κ3) is 4.49. The Morgan fingerprint density at radius 3 is 3.00 bits per heavy atom. The lowest BCUT2D eigenvalue weighted by atomic mass is 10.2. The van der Waals surface area contributed by atoms with Crippen molar-refractivity contribution in [3.63, 3.8) is 0 Å². The van der Waals surface area contributed by atoms with Crippen LogP contribution in [0.25, 0.3) is 0 Å². The van der Waals surface area contributed by atoms with Gasteiger partial charge in [0.15, 0.2) is 4.34 Å². The first-order valence-electron chi connectivity index (χ1n) is 6.79. The Bertz CT molecular complexity index is 762. The molecule has 0 bridgehead atoms. The van der Waals surface area contributed by atoms with E-state index >= 15 is 0 Å². The number of nitrogens with zero attached hydrogens (tertiary/aromatic N) is 2. The van der Waals surface area contributed by atoms with Gasteiger partial charge in [-0.15, -0.1) is 10.2 Å². The molecule has 120 valence electrons.